The summed E-state index contributed by atoms with van der Waals surface area (Å²) in [5.74, 6) is 0.273. The third kappa shape index (κ3) is 0.797. The van der Waals surface area contributed by atoms with Crippen molar-refractivity contribution in [2.45, 2.75) is 24.8 Å². The van der Waals surface area contributed by atoms with E-state index in [1.54, 1.807) is 6.08 Å². The first-order valence-corrected chi connectivity index (χ1v) is 3.78. The lowest BCUT2D eigenvalue weighted by Crippen LogP contribution is -2.36. The van der Waals surface area contributed by atoms with E-state index in [0.717, 1.165) is 13.0 Å². The summed E-state index contributed by atoms with van der Waals surface area (Å²) in [5.41, 5.74) is 0.0804. The molecular weight excluding hydrogens is 126 g/mol. The highest BCUT2D eigenvalue weighted by Crippen LogP contribution is 2.28. The Morgan fingerprint density at radius 3 is 3.00 bits per heavy atom. The van der Waals surface area contributed by atoms with Crippen LogP contribution in [-0.4, -0.2) is 17.9 Å². The molecule has 1 saturated heterocycles. The van der Waals surface area contributed by atoms with Gasteiger partial charge in [-0.2, -0.15) is 0 Å². The molecule has 1 N–H and O–H groups in total. The predicted molar refractivity (Wildman–Crippen MR) is 38.7 cm³/mol. The molecule has 1 aliphatic carbocycles. The van der Waals surface area contributed by atoms with Crippen molar-refractivity contribution in [3.63, 3.8) is 0 Å². The fourth-order valence-corrected chi connectivity index (χ4v) is 1.80. The SMILES string of the molecule is O=C1C=C[C@]2(CCCN2)C1. The van der Waals surface area contributed by atoms with Gasteiger partial charge in [0.15, 0.2) is 5.78 Å². The molecule has 2 rings (SSSR count). The Morgan fingerprint density at radius 2 is 2.50 bits per heavy atom. The van der Waals surface area contributed by atoms with Crippen LogP contribution in [0.25, 0.3) is 0 Å². The number of hydrogen-bond acceptors (Lipinski definition) is 2. The molecule has 2 nitrogen and oxygen atoms in total. The highest BCUT2D eigenvalue weighted by molar-refractivity contribution is 5.93. The molecule has 0 unspecified atom stereocenters. The van der Waals surface area contributed by atoms with E-state index < -0.39 is 0 Å². The predicted octanol–water partition coefficient (Wildman–Crippen LogP) is 0.638. The molecule has 1 heterocycles. The monoisotopic (exact) mass is 137 g/mol. The molecule has 1 atom stereocenters. The van der Waals surface area contributed by atoms with Crippen LogP contribution in [0.5, 0.6) is 0 Å². The number of rotatable bonds is 0. The van der Waals surface area contributed by atoms with Gasteiger partial charge < -0.3 is 5.32 Å². The lowest BCUT2D eigenvalue weighted by molar-refractivity contribution is -0.114. The zero-order valence-corrected chi connectivity index (χ0v) is 5.89. The van der Waals surface area contributed by atoms with Crippen molar-refractivity contribution in [1.82, 2.24) is 5.32 Å². The van der Waals surface area contributed by atoms with Gasteiger partial charge in [-0.05, 0) is 25.5 Å². The standard InChI is InChI=1S/C8H11NO/c10-7-2-4-8(6-7)3-1-5-9-8/h2,4,9H,1,3,5-6H2/t8-/m1/s1. The zero-order chi connectivity index (χ0) is 7.03. The highest BCUT2D eigenvalue weighted by atomic mass is 16.1. The van der Waals surface area contributed by atoms with Gasteiger partial charge in [-0.25, -0.2) is 0 Å². The number of allylic oxidation sites excluding steroid dienone is 1. The van der Waals surface area contributed by atoms with Gasteiger partial charge in [0.2, 0.25) is 0 Å². The van der Waals surface area contributed by atoms with E-state index in [1.165, 1.54) is 6.42 Å². The number of carbonyl (C=O) groups is 1. The van der Waals surface area contributed by atoms with Crippen LogP contribution in [0, 0.1) is 0 Å². The molecule has 10 heavy (non-hydrogen) atoms. The molecule has 0 saturated carbocycles. The lowest BCUT2D eigenvalue weighted by atomic mass is 9.97. The summed E-state index contributed by atoms with van der Waals surface area (Å²) in [4.78, 5) is 10.9. The van der Waals surface area contributed by atoms with Gasteiger partial charge in [0.25, 0.3) is 0 Å². The van der Waals surface area contributed by atoms with Crippen LogP contribution >= 0.6 is 0 Å². The van der Waals surface area contributed by atoms with Crippen LogP contribution in [-0.2, 0) is 4.79 Å². The van der Waals surface area contributed by atoms with Gasteiger partial charge in [-0.1, -0.05) is 6.08 Å². The molecule has 0 bridgehead atoms. The quantitative estimate of drug-likeness (QED) is 0.530. The third-order valence-electron chi connectivity index (χ3n) is 2.35. The van der Waals surface area contributed by atoms with Gasteiger partial charge in [-0.15, -0.1) is 0 Å². The van der Waals surface area contributed by atoms with Crippen molar-refractivity contribution in [3.8, 4) is 0 Å². The summed E-state index contributed by atoms with van der Waals surface area (Å²) in [6.45, 7) is 1.07. The topological polar surface area (TPSA) is 29.1 Å². The molecule has 0 aromatic heterocycles. The Morgan fingerprint density at radius 1 is 1.60 bits per heavy atom. The largest absolute Gasteiger partial charge is 0.307 e. The molecule has 0 amide bonds. The molecule has 0 aromatic rings. The third-order valence-corrected chi connectivity index (χ3v) is 2.35. The molecule has 1 fully saturated rings. The summed E-state index contributed by atoms with van der Waals surface area (Å²) in [6.07, 6.45) is 6.76. The van der Waals surface area contributed by atoms with E-state index >= 15 is 0 Å². The molecule has 54 valence electrons. The lowest BCUT2D eigenvalue weighted by Gasteiger charge is -2.19. The van der Waals surface area contributed by atoms with Gasteiger partial charge in [0.05, 0.1) is 0 Å². The Bertz CT molecular complexity index is 189. The average Bonchev–Trinajstić information content (AvgIpc) is 2.46. The van der Waals surface area contributed by atoms with Crippen molar-refractivity contribution in [3.05, 3.63) is 12.2 Å². The summed E-state index contributed by atoms with van der Waals surface area (Å²) in [6, 6.07) is 0. The van der Waals surface area contributed by atoms with Gasteiger partial charge in [0, 0.05) is 12.0 Å². The van der Waals surface area contributed by atoms with Crippen molar-refractivity contribution in [1.29, 1.82) is 0 Å². The minimum Gasteiger partial charge on any atom is -0.307 e. The molecule has 0 aromatic carbocycles. The maximum atomic E-state index is 10.9. The molecule has 2 heteroatoms. The van der Waals surface area contributed by atoms with Crippen molar-refractivity contribution < 1.29 is 4.79 Å². The summed E-state index contributed by atoms with van der Waals surface area (Å²) < 4.78 is 0. The summed E-state index contributed by atoms with van der Waals surface area (Å²) in [7, 11) is 0. The van der Waals surface area contributed by atoms with Crippen molar-refractivity contribution >= 4 is 5.78 Å². The van der Waals surface area contributed by atoms with Crippen molar-refractivity contribution in [2.75, 3.05) is 6.54 Å². The van der Waals surface area contributed by atoms with Gasteiger partial charge in [-0.3, -0.25) is 4.79 Å². The summed E-state index contributed by atoms with van der Waals surface area (Å²) in [5, 5.41) is 3.35. The Hall–Kier alpha value is -0.630. The molecular formula is C8H11NO. The first-order valence-electron chi connectivity index (χ1n) is 3.78. The molecule has 1 spiro atoms. The van der Waals surface area contributed by atoms with E-state index in [1.807, 2.05) is 6.08 Å². The fraction of sp³-hybridized carbons (Fsp3) is 0.625. The van der Waals surface area contributed by atoms with Crippen LogP contribution < -0.4 is 5.32 Å². The fourth-order valence-electron chi connectivity index (χ4n) is 1.80. The van der Waals surface area contributed by atoms with Crippen LogP contribution in [0.1, 0.15) is 19.3 Å². The van der Waals surface area contributed by atoms with E-state index in [0.29, 0.717) is 6.42 Å². The normalized spacial score (nSPS) is 38.2. The average molecular weight is 137 g/mol. The second-order valence-corrected chi connectivity index (χ2v) is 3.16. The zero-order valence-electron chi connectivity index (χ0n) is 5.89. The number of carbonyl (C=O) groups excluding carboxylic acids is 1. The molecule has 0 radical (unpaired) electrons. The first-order chi connectivity index (χ1) is 4.81. The number of hydrogen-bond donors (Lipinski definition) is 1. The van der Waals surface area contributed by atoms with Crippen LogP contribution in [0.4, 0.5) is 0 Å². The Balaban J connectivity index is 2.18. The highest BCUT2D eigenvalue weighted by Gasteiger charge is 2.35. The maximum absolute atomic E-state index is 10.9. The minimum atomic E-state index is 0.0804. The van der Waals surface area contributed by atoms with E-state index in [-0.39, 0.29) is 11.3 Å². The van der Waals surface area contributed by atoms with Crippen molar-refractivity contribution in [2.24, 2.45) is 0 Å². The van der Waals surface area contributed by atoms with Crippen LogP contribution in [0.15, 0.2) is 12.2 Å². The molecule has 1 aliphatic heterocycles. The first kappa shape index (κ1) is 6.10. The van der Waals surface area contributed by atoms with E-state index in [2.05, 4.69) is 5.32 Å². The van der Waals surface area contributed by atoms with E-state index in [4.69, 9.17) is 0 Å². The van der Waals surface area contributed by atoms with E-state index in [9.17, 15) is 4.79 Å². The second-order valence-electron chi connectivity index (χ2n) is 3.16. The smallest absolute Gasteiger partial charge is 0.157 e. The van der Waals surface area contributed by atoms with Gasteiger partial charge >= 0.3 is 0 Å². The minimum absolute atomic E-state index is 0.0804. The number of ketones is 1. The maximum Gasteiger partial charge on any atom is 0.157 e. The molecule has 2 aliphatic rings. The number of nitrogens with one attached hydrogen (secondary N) is 1. The second kappa shape index (κ2) is 1.92. The Labute approximate surface area is 60.3 Å². The summed E-state index contributed by atoms with van der Waals surface area (Å²) >= 11 is 0. The Kier molecular flexibility index (Phi) is 1.17. The van der Waals surface area contributed by atoms with Crippen LogP contribution in [0.2, 0.25) is 0 Å². The van der Waals surface area contributed by atoms with Gasteiger partial charge in [0.1, 0.15) is 0 Å². The van der Waals surface area contributed by atoms with Crippen LogP contribution in [0.3, 0.4) is 0 Å².